The molecule has 0 radical (unpaired) electrons. The molecule has 5 nitrogen and oxygen atoms in total. The Morgan fingerprint density at radius 3 is 2.80 bits per heavy atom. The molecular formula is C10H12N4O. The molecule has 1 heterocycles. The Morgan fingerprint density at radius 1 is 1.33 bits per heavy atom. The summed E-state index contributed by atoms with van der Waals surface area (Å²) < 4.78 is 4.66. The van der Waals surface area contributed by atoms with Gasteiger partial charge in [-0.25, -0.2) is 0 Å². The Bertz CT molecular complexity index is 478. The zero-order valence-electron chi connectivity index (χ0n) is 8.61. The van der Waals surface area contributed by atoms with Crippen LogP contribution in [0.3, 0.4) is 0 Å². The first-order valence-corrected chi connectivity index (χ1v) is 4.59. The Morgan fingerprint density at radius 2 is 2.13 bits per heavy atom. The molecule has 0 unspecified atom stereocenters. The molecule has 0 spiro atoms. The van der Waals surface area contributed by atoms with Crippen LogP contribution < -0.4 is 11.1 Å². The number of nitrogens with one attached hydrogen (secondary N) is 1. The van der Waals surface area contributed by atoms with Crippen molar-refractivity contribution in [2.24, 2.45) is 0 Å². The molecule has 2 aromatic rings. The lowest BCUT2D eigenvalue weighted by Crippen LogP contribution is -1.96. The average molecular weight is 204 g/mol. The van der Waals surface area contributed by atoms with E-state index in [-0.39, 0.29) is 6.01 Å². The van der Waals surface area contributed by atoms with Crippen LogP contribution in [-0.2, 0) is 0 Å². The van der Waals surface area contributed by atoms with Crippen molar-refractivity contribution in [3.8, 4) is 0 Å². The highest BCUT2D eigenvalue weighted by atomic mass is 16.5. The molecule has 0 saturated heterocycles. The maximum absolute atomic E-state index is 5.32. The largest absolute Gasteiger partial charge is 0.351 e. The van der Waals surface area contributed by atoms with Crippen LogP contribution in [-0.4, -0.2) is 10.1 Å². The Hall–Kier alpha value is -2.04. The van der Waals surface area contributed by atoms with Gasteiger partial charge < -0.3 is 15.6 Å². The number of nitrogen functional groups attached to an aromatic ring is 1. The van der Waals surface area contributed by atoms with Gasteiger partial charge >= 0.3 is 6.01 Å². The van der Waals surface area contributed by atoms with Crippen LogP contribution >= 0.6 is 0 Å². The number of hydrogen-bond acceptors (Lipinski definition) is 5. The van der Waals surface area contributed by atoms with Gasteiger partial charge in [0.1, 0.15) is 0 Å². The van der Waals surface area contributed by atoms with E-state index >= 15 is 0 Å². The van der Waals surface area contributed by atoms with Crippen LogP contribution in [0.5, 0.6) is 0 Å². The Kier molecular flexibility index (Phi) is 2.29. The van der Waals surface area contributed by atoms with E-state index in [0.717, 1.165) is 11.3 Å². The predicted molar refractivity (Wildman–Crippen MR) is 57.9 cm³/mol. The predicted octanol–water partition coefficient (Wildman–Crippen LogP) is 2.01. The number of nitrogens with zero attached hydrogens (tertiary/aromatic N) is 2. The minimum atomic E-state index is 0.0582. The van der Waals surface area contributed by atoms with E-state index < -0.39 is 0 Å². The van der Waals surface area contributed by atoms with Crippen molar-refractivity contribution in [2.75, 3.05) is 11.1 Å². The van der Waals surface area contributed by atoms with Crippen LogP contribution in [0, 0.1) is 13.8 Å². The first kappa shape index (κ1) is 9.51. The summed E-state index contributed by atoms with van der Waals surface area (Å²) in [7, 11) is 0. The number of benzene rings is 1. The maximum atomic E-state index is 5.32. The molecule has 0 amide bonds. The van der Waals surface area contributed by atoms with Gasteiger partial charge in [0.25, 0.3) is 5.95 Å². The van der Waals surface area contributed by atoms with E-state index in [1.165, 1.54) is 5.56 Å². The van der Waals surface area contributed by atoms with E-state index in [4.69, 9.17) is 5.73 Å². The molecule has 0 saturated carbocycles. The van der Waals surface area contributed by atoms with Gasteiger partial charge in [-0.05, 0) is 36.2 Å². The third-order valence-corrected chi connectivity index (χ3v) is 2.29. The molecule has 0 fully saturated rings. The van der Waals surface area contributed by atoms with Crippen molar-refractivity contribution in [1.82, 2.24) is 10.1 Å². The van der Waals surface area contributed by atoms with Gasteiger partial charge in [0.15, 0.2) is 0 Å². The molecule has 3 N–H and O–H groups in total. The maximum Gasteiger partial charge on any atom is 0.320 e. The van der Waals surface area contributed by atoms with E-state index in [1.54, 1.807) is 0 Å². The summed E-state index contributed by atoms with van der Waals surface area (Å²) in [6.45, 7) is 4.08. The van der Waals surface area contributed by atoms with E-state index in [1.807, 2.05) is 32.0 Å². The second kappa shape index (κ2) is 3.61. The quantitative estimate of drug-likeness (QED) is 0.782. The monoisotopic (exact) mass is 204 g/mol. The van der Waals surface area contributed by atoms with Gasteiger partial charge in [-0.2, -0.15) is 4.98 Å². The highest BCUT2D eigenvalue weighted by molar-refractivity contribution is 5.60. The molecule has 0 bridgehead atoms. The number of aryl methyl sites for hydroxylation is 1. The second-order valence-electron chi connectivity index (χ2n) is 3.33. The summed E-state index contributed by atoms with van der Waals surface area (Å²) in [4.78, 5) is 3.87. The van der Waals surface area contributed by atoms with Crippen LogP contribution in [0.4, 0.5) is 17.7 Å². The molecule has 15 heavy (non-hydrogen) atoms. The fourth-order valence-electron chi connectivity index (χ4n) is 1.29. The van der Waals surface area contributed by atoms with Crippen LogP contribution in [0.1, 0.15) is 11.1 Å². The fraction of sp³-hybridized carbons (Fsp3) is 0.200. The number of anilines is 3. The number of aromatic nitrogens is 2. The van der Waals surface area contributed by atoms with Crippen molar-refractivity contribution in [2.45, 2.75) is 13.8 Å². The highest BCUT2D eigenvalue weighted by Gasteiger charge is 2.05. The zero-order valence-corrected chi connectivity index (χ0v) is 8.61. The SMILES string of the molecule is Cc1cccc(Nc2noc(N)n2)c1C. The van der Waals surface area contributed by atoms with Crippen LogP contribution in [0.2, 0.25) is 0 Å². The van der Waals surface area contributed by atoms with E-state index in [9.17, 15) is 0 Å². The molecule has 2 rings (SSSR count). The van der Waals surface area contributed by atoms with Crippen molar-refractivity contribution in [3.63, 3.8) is 0 Å². The summed E-state index contributed by atoms with van der Waals surface area (Å²) in [6.07, 6.45) is 0. The lowest BCUT2D eigenvalue weighted by molar-refractivity contribution is 0.437. The van der Waals surface area contributed by atoms with Gasteiger partial charge in [0.05, 0.1) is 0 Å². The van der Waals surface area contributed by atoms with E-state index in [2.05, 4.69) is 20.0 Å². The third kappa shape index (κ3) is 1.90. The second-order valence-corrected chi connectivity index (χ2v) is 3.33. The molecule has 78 valence electrons. The molecule has 5 heteroatoms. The third-order valence-electron chi connectivity index (χ3n) is 2.29. The summed E-state index contributed by atoms with van der Waals surface area (Å²) in [5.74, 6) is 0.376. The minimum Gasteiger partial charge on any atom is -0.351 e. The smallest absolute Gasteiger partial charge is 0.320 e. The standard InChI is InChI=1S/C10H12N4O/c1-6-4-3-5-8(7(6)2)12-10-13-9(11)15-14-10/h3-5H,1-2H3,(H3,11,12,13,14). The van der Waals surface area contributed by atoms with E-state index in [0.29, 0.717) is 5.95 Å². The zero-order chi connectivity index (χ0) is 10.8. The van der Waals surface area contributed by atoms with Crippen molar-refractivity contribution >= 4 is 17.7 Å². The molecule has 0 aliphatic heterocycles. The van der Waals surface area contributed by atoms with Gasteiger partial charge in [0, 0.05) is 5.69 Å². The number of rotatable bonds is 2. The van der Waals surface area contributed by atoms with Gasteiger partial charge in [-0.1, -0.05) is 12.1 Å². The summed E-state index contributed by atoms with van der Waals surface area (Å²) in [5.41, 5.74) is 8.63. The fourth-order valence-corrected chi connectivity index (χ4v) is 1.29. The Balaban J connectivity index is 2.28. The van der Waals surface area contributed by atoms with Crippen molar-refractivity contribution < 1.29 is 4.52 Å². The summed E-state index contributed by atoms with van der Waals surface area (Å²) >= 11 is 0. The lowest BCUT2D eigenvalue weighted by Gasteiger charge is -2.07. The summed E-state index contributed by atoms with van der Waals surface area (Å²) in [5, 5.41) is 6.70. The Labute approximate surface area is 87.3 Å². The first-order chi connectivity index (χ1) is 7.16. The molecule has 0 atom stereocenters. The van der Waals surface area contributed by atoms with Crippen molar-refractivity contribution in [3.05, 3.63) is 29.3 Å². The first-order valence-electron chi connectivity index (χ1n) is 4.59. The molecule has 1 aromatic heterocycles. The van der Waals surface area contributed by atoms with Gasteiger partial charge in [-0.15, -0.1) is 0 Å². The average Bonchev–Trinajstić information content (AvgIpc) is 2.59. The normalized spacial score (nSPS) is 10.3. The molecule has 1 aromatic carbocycles. The van der Waals surface area contributed by atoms with Crippen LogP contribution in [0.15, 0.2) is 22.7 Å². The highest BCUT2D eigenvalue weighted by Crippen LogP contribution is 2.21. The van der Waals surface area contributed by atoms with Crippen LogP contribution in [0.25, 0.3) is 0 Å². The lowest BCUT2D eigenvalue weighted by atomic mass is 10.1. The molecular weight excluding hydrogens is 192 g/mol. The molecule has 0 aliphatic rings. The number of nitrogens with two attached hydrogens (primary N) is 1. The topological polar surface area (TPSA) is 77.0 Å². The number of hydrogen-bond donors (Lipinski definition) is 2. The summed E-state index contributed by atoms with van der Waals surface area (Å²) in [6, 6.07) is 6.02. The van der Waals surface area contributed by atoms with Gasteiger partial charge in [0.2, 0.25) is 0 Å². The molecule has 0 aliphatic carbocycles. The minimum absolute atomic E-state index is 0.0582. The van der Waals surface area contributed by atoms with Gasteiger partial charge in [-0.3, -0.25) is 0 Å². The van der Waals surface area contributed by atoms with Crippen molar-refractivity contribution in [1.29, 1.82) is 0 Å².